The lowest BCUT2D eigenvalue weighted by Gasteiger charge is -2.12. The number of aryl methyl sites for hydroxylation is 1. The molecule has 0 aromatic heterocycles. The molecule has 13 heavy (non-hydrogen) atoms. The lowest BCUT2D eigenvalue weighted by atomic mass is 10.0. The Hall–Kier alpha value is -0.990. The second-order valence-corrected chi connectivity index (χ2v) is 3.30. The maximum Gasteiger partial charge on any atom is 0.125 e. The van der Waals surface area contributed by atoms with Crippen LogP contribution in [0.4, 0.5) is 0 Å². The average molecular weight is 198 g/mol. The van der Waals surface area contributed by atoms with Crippen LogP contribution < -0.4 is 5.73 Å². The fourth-order valence-electron chi connectivity index (χ4n) is 1.13. The first kappa shape index (κ1) is 10.1. The van der Waals surface area contributed by atoms with Crippen LogP contribution in [0.1, 0.15) is 17.2 Å². The van der Waals surface area contributed by atoms with E-state index in [1.54, 1.807) is 25.1 Å². The molecule has 0 spiro atoms. The number of phenolic OH excluding ortho intramolecular Hbond substituents is 1. The number of hydrogen-bond acceptors (Lipinski definition) is 2. The summed E-state index contributed by atoms with van der Waals surface area (Å²) < 4.78 is 0. The summed E-state index contributed by atoms with van der Waals surface area (Å²) in [6.45, 7) is 5.35. The highest BCUT2D eigenvalue weighted by Crippen LogP contribution is 2.33. The maximum atomic E-state index is 9.67. The van der Waals surface area contributed by atoms with Crippen molar-refractivity contribution in [1.82, 2.24) is 0 Å². The van der Waals surface area contributed by atoms with Gasteiger partial charge in [-0.2, -0.15) is 0 Å². The molecule has 0 saturated carbocycles. The Morgan fingerprint density at radius 3 is 2.77 bits per heavy atom. The number of hydrogen-bond donors (Lipinski definition) is 2. The molecule has 0 aliphatic carbocycles. The van der Waals surface area contributed by atoms with Crippen molar-refractivity contribution in [2.24, 2.45) is 5.73 Å². The van der Waals surface area contributed by atoms with Gasteiger partial charge in [0.2, 0.25) is 0 Å². The smallest absolute Gasteiger partial charge is 0.125 e. The van der Waals surface area contributed by atoms with E-state index >= 15 is 0 Å². The summed E-state index contributed by atoms with van der Waals surface area (Å²) >= 11 is 5.89. The van der Waals surface area contributed by atoms with Gasteiger partial charge in [0.25, 0.3) is 0 Å². The third kappa shape index (κ3) is 1.85. The highest BCUT2D eigenvalue weighted by atomic mass is 35.5. The Labute approximate surface area is 82.6 Å². The third-order valence-electron chi connectivity index (χ3n) is 1.95. The van der Waals surface area contributed by atoms with Gasteiger partial charge >= 0.3 is 0 Å². The van der Waals surface area contributed by atoms with Crippen molar-refractivity contribution in [1.29, 1.82) is 0 Å². The summed E-state index contributed by atoms with van der Waals surface area (Å²) in [5.74, 6) is 0.153. The van der Waals surface area contributed by atoms with Gasteiger partial charge in [-0.25, -0.2) is 0 Å². The molecule has 0 fully saturated rings. The van der Waals surface area contributed by atoms with E-state index in [0.717, 1.165) is 5.56 Å². The molecule has 3 heteroatoms. The Morgan fingerprint density at radius 2 is 2.23 bits per heavy atom. The average Bonchev–Trinajstić information content (AvgIpc) is 2.12. The van der Waals surface area contributed by atoms with E-state index in [-0.39, 0.29) is 5.75 Å². The summed E-state index contributed by atoms with van der Waals surface area (Å²) in [6.07, 6.45) is 1.54. The molecule has 0 bridgehead atoms. The highest BCUT2D eigenvalue weighted by Gasteiger charge is 2.13. The van der Waals surface area contributed by atoms with Crippen LogP contribution in [0.25, 0.3) is 0 Å². The number of nitrogens with two attached hydrogens (primary N) is 1. The molecule has 3 N–H and O–H groups in total. The molecule has 70 valence electrons. The number of halogens is 1. The topological polar surface area (TPSA) is 46.2 Å². The molecule has 1 aromatic rings. The zero-order valence-corrected chi connectivity index (χ0v) is 8.17. The minimum atomic E-state index is -0.424. The van der Waals surface area contributed by atoms with Gasteiger partial charge in [-0.15, -0.1) is 6.58 Å². The molecular weight excluding hydrogens is 186 g/mol. The van der Waals surface area contributed by atoms with Crippen LogP contribution in [-0.2, 0) is 0 Å². The fourth-order valence-corrected chi connectivity index (χ4v) is 1.41. The van der Waals surface area contributed by atoms with Gasteiger partial charge in [0, 0.05) is 10.6 Å². The van der Waals surface area contributed by atoms with Crippen LogP contribution in [0, 0.1) is 6.92 Å². The third-order valence-corrected chi connectivity index (χ3v) is 2.28. The fraction of sp³-hybridized carbons (Fsp3) is 0.200. The van der Waals surface area contributed by atoms with Crippen molar-refractivity contribution in [3.63, 3.8) is 0 Å². The second kappa shape index (κ2) is 3.81. The Kier molecular flexibility index (Phi) is 2.96. The van der Waals surface area contributed by atoms with Gasteiger partial charge in [-0.05, 0) is 18.6 Å². The highest BCUT2D eigenvalue weighted by molar-refractivity contribution is 6.31. The van der Waals surface area contributed by atoms with Gasteiger partial charge in [-0.1, -0.05) is 23.7 Å². The van der Waals surface area contributed by atoms with E-state index in [1.807, 2.05) is 0 Å². The molecule has 0 aliphatic rings. The first-order chi connectivity index (χ1) is 6.07. The number of rotatable bonds is 2. The SMILES string of the molecule is C=C[C@@H](N)c1c(Cl)ccc(C)c1O. The molecule has 2 nitrogen and oxygen atoms in total. The van der Waals surface area contributed by atoms with Gasteiger partial charge < -0.3 is 10.8 Å². The first-order valence-corrected chi connectivity index (χ1v) is 4.31. The molecule has 1 aromatic carbocycles. The van der Waals surface area contributed by atoms with E-state index in [1.165, 1.54) is 0 Å². The molecule has 1 atom stereocenters. The molecule has 0 heterocycles. The zero-order chi connectivity index (χ0) is 10.0. The van der Waals surface area contributed by atoms with Crippen molar-refractivity contribution in [3.05, 3.63) is 40.9 Å². The van der Waals surface area contributed by atoms with Gasteiger partial charge in [-0.3, -0.25) is 0 Å². The summed E-state index contributed by atoms with van der Waals surface area (Å²) in [5.41, 5.74) is 7.00. The van der Waals surface area contributed by atoms with Crippen molar-refractivity contribution in [2.75, 3.05) is 0 Å². The lowest BCUT2D eigenvalue weighted by Crippen LogP contribution is -2.07. The molecule has 0 unspecified atom stereocenters. The summed E-state index contributed by atoms with van der Waals surface area (Å²) in [7, 11) is 0. The zero-order valence-electron chi connectivity index (χ0n) is 7.42. The lowest BCUT2D eigenvalue weighted by molar-refractivity contribution is 0.462. The van der Waals surface area contributed by atoms with Gasteiger partial charge in [0.15, 0.2) is 0 Å². The predicted molar refractivity (Wildman–Crippen MR) is 55.0 cm³/mol. The van der Waals surface area contributed by atoms with Crippen molar-refractivity contribution in [3.8, 4) is 5.75 Å². The van der Waals surface area contributed by atoms with Crippen molar-refractivity contribution < 1.29 is 5.11 Å². The Morgan fingerprint density at radius 1 is 1.62 bits per heavy atom. The normalized spacial score (nSPS) is 12.5. The monoisotopic (exact) mass is 197 g/mol. The van der Waals surface area contributed by atoms with Crippen molar-refractivity contribution in [2.45, 2.75) is 13.0 Å². The minimum Gasteiger partial charge on any atom is -0.507 e. The summed E-state index contributed by atoms with van der Waals surface area (Å²) in [4.78, 5) is 0. The summed E-state index contributed by atoms with van der Waals surface area (Å²) in [6, 6.07) is 3.04. The van der Waals surface area contributed by atoms with E-state index in [4.69, 9.17) is 17.3 Å². The van der Waals surface area contributed by atoms with E-state index in [9.17, 15) is 5.11 Å². The number of phenols is 1. The van der Waals surface area contributed by atoms with Crippen LogP contribution >= 0.6 is 11.6 Å². The van der Waals surface area contributed by atoms with Gasteiger partial charge in [0.1, 0.15) is 5.75 Å². The van der Waals surface area contributed by atoms with Crippen molar-refractivity contribution >= 4 is 11.6 Å². The summed E-state index contributed by atoms with van der Waals surface area (Å²) in [5, 5.41) is 10.1. The maximum absolute atomic E-state index is 9.67. The van der Waals surface area contributed by atoms with Crippen LogP contribution in [0.15, 0.2) is 24.8 Å². The standard InChI is InChI=1S/C10H12ClNO/c1-3-8(12)9-7(11)5-4-6(2)10(9)13/h3-5,8,13H,1,12H2,2H3/t8-/m1/s1. The molecule has 0 aliphatic heterocycles. The minimum absolute atomic E-state index is 0.153. The predicted octanol–water partition coefficient (Wildman–Crippen LogP) is 2.54. The molecule has 1 rings (SSSR count). The largest absolute Gasteiger partial charge is 0.507 e. The van der Waals surface area contributed by atoms with Crippen LogP contribution in [0.3, 0.4) is 0 Å². The van der Waals surface area contributed by atoms with E-state index in [2.05, 4.69) is 6.58 Å². The molecular formula is C10H12ClNO. The van der Waals surface area contributed by atoms with E-state index < -0.39 is 6.04 Å². The second-order valence-electron chi connectivity index (χ2n) is 2.89. The van der Waals surface area contributed by atoms with Crippen LogP contribution in [-0.4, -0.2) is 5.11 Å². The molecule has 0 radical (unpaired) electrons. The Balaban J connectivity index is 3.32. The van der Waals surface area contributed by atoms with E-state index in [0.29, 0.717) is 10.6 Å². The first-order valence-electron chi connectivity index (χ1n) is 3.94. The van der Waals surface area contributed by atoms with Crippen LogP contribution in [0.2, 0.25) is 5.02 Å². The van der Waals surface area contributed by atoms with Gasteiger partial charge in [0.05, 0.1) is 6.04 Å². The number of benzene rings is 1. The molecule has 0 saturated heterocycles. The Bertz CT molecular complexity index is 336. The molecule has 0 amide bonds. The quantitative estimate of drug-likeness (QED) is 0.716. The number of aromatic hydroxyl groups is 1. The van der Waals surface area contributed by atoms with Crippen LogP contribution in [0.5, 0.6) is 5.75 Å².